The number of aromatic nitrogens is 1. The fraction of sp³-hybridized carbons (Fsp3) is 0.538. The zero-order valence-corrected chi connectivity index (χ0v) is 12.5. The van der Waals surface area contributed by atoms with Gasteiger partial charge >= 0.3 is 0 Å². The average Bonchev–Trinajstić information content (AvgIpc) is 2.27. The zero-order valence-electron chi connectivity index (χ0n) is 11.7. The fourth-order valence-corrected chi connectivity index (χ4v) is 2.35. The average molecular weight is 284 g/mol. The minimum Gasteiger partial charge on any atom is -0.350 e. The first-order valence-corrected chi connectivity index (χ1v) is 7.73. The molecule has 1 aromatic rings. The van der Waals surface area contributed by atoms with Crippen molar-refractivity contribution in [3.05, 3.63) is 29.6 Å². The molecule has 0 bridgehead atoms. The van der Waals surface area contributed by atoms with E-state index in [1.54, 1.807) is 45.9 Å². The number of nitrogens with one attached hydrogen (secondary N) is 1. The Hall–Kier alpha value is -1.43. The van der Waals surface area contributed by atoms with Crippen molar-refractivity contribution in [2.75, 3.05) is 12.3 Å². The number of carbonyl (C=O) groups is 1. The molecule has 1 aromatic heterocycles. The van der Waals surface area contributed by atoms with Crippen LogP contribution in [0.3, 0.4) is 0 Å². The lowest BCUT2D eigenvalue weighted by molar-refractivity contribution is 0.0951. The van der Waals surface area contributed by atoms with E-state index in [4.69, 9.17) is 0 Å². The first-order chi connectivity index (χ1) is 8.63. The van der Waals surface area contributed by atoms with Crippen molar-refractivity contribution in [3.8, 4) is 0 Å². The van der Waals surface area contributed by atoms with Crippen LogP contribution in [0, 0.1) is 6.92 Å². The van der Waals surface area contributed by atoms with Gasteiger partial charge < -0.3 is 5.32 Å². The highest BCUT2D eigenvalue weighted by Crippen LogP contribution is 2.15. The highest BCUT2D eigenvalue weighted by molar-refractivity contribution is 7.92. The van der Waals surface area contributed by atoms with E-state index in [0.717, 1.165) is 5.69 Å². The molecule has 0 atom stereocenters. The Morgan fingerprint density at radius 3 is 2.47 bits per heavy atom. The van der Waals surface area contributed by atoms with Crippen molar-refractivity contribution in [3.63, 3.8) is 0 Å². The molecular formula is C13H20N2O3S. The van der Waals surface area contributed by atoms with Gasteiger partial charge in [0, 0.05) is 12.2 Å². The summed E-state index contributed by atoms with van der Waals surface area (Å²) in [6.45, 7) is 6.82. The number of amides is 1. The SMILES string of the molecule is Cc1cccc(C(=O)NCCS(=O)(=O)C(C)(C)C)n1. The van der Waals surface area contributed by atoms with E-state index in [9.17, 15) is 13.2 Å². The van der Waals surface area contributed by atoms with Crippen molar-refractivity contribution in [2.45, 2.75) is 32.4 Å². The van der Waals surface area contributed by atoms with E-state index >= 15 is 0 Å². The molecule has 0 radical (unpaired) electrons. The Bertz CT molecular complexity index is 559. The van der Waals surface area contributed by atoms with Crippen LogP contribution in [0.4, 0.5) is 0 Å². The first kappa shape index (κ1) is 15.6. The molecule has 0 saturated carbocycles. The summed E-state index contributed by atoms with van der Waals surface area (Å²) in [5.74, 6) is -0.429. The van der Waals surface area contributed by atoms with Crippen LogP contribution in [0.1, 0.15) is 37.0 Å². The Balaban J connectivity index is 2.58. The van der Waals surface area contributed by atoms with Gasteiger partial charge in [-0.25, -0.2) is 13.4 Å². The zero-order chi connectivity index (χ0) is 14.7. The van der Waals surface area contributed by atoms with Crippen LogP contribution >= 0.6 is 0 Å². The van der Waals surface area contributed by atoms with Gasteiger partial charge in [0.25, 0.3) is 5.91 Å². The van der Waals surface area contributed by atoms with Gasteiger partial charge in [0.1, 0.15) is 5.69 Å². The minimum absolute atomic E-state index is 0.0753. The number of pyridine rings is 1. The van der Waals surface area contributed by atoms with Gasteiger partial charge in [0.2, 0.25) is 0 Å². The van der Waals surface area contributed by atoms with Crippen LogP contribution in [0.15, 0.2) is 18.2 Å². The Kier molecular flexibility index (Phi) is 4.68. The number of hydrogen-bond donors (Lipinski definition) is 1. The number of hydrogen-bond acceptors (Lipinski definition) is 4. The van der Waals surface area contributed by atoms with Gasteiger partial charge in [-0.3, -0.25) is 4.79 Å². The topological polar surface area (TPSA) is 76.1 Å². The number of nitrogens with zero attached hydrogens (tertiary/aromatic N) is 1. The second kappa shape index (κ2) is 5.69. The molecule has 0 aliphatic carbocycles. The second-order valence-corrected chi connectivity index (χ2v) is 8.21. The summed E-state index contributed by atoms with van der Waals surface area (Å²) in [5.41, 5.74) is 1.04. The van der Waals surface area contributed by atoms with E-state index in [-0.39, 0.29) is 18.2 Å². The summed E-state index contributed by atoms with van der Waals surface area (Å²) in [7, 11) is -3.22. The van der Waals surface area contributed by atoms with Gasteiger partial charge in [-0.1, -0.05) is 6.07 Å². The Morgan fingerprint density at radius 2 is 1.95 bits per heavy atom. The molecule has 0 spiro atoms. The maximum Gasteiger partial charge on any atom is 0.269 e. The van der Waals surface area contributed by atoms with E-state index in [1.807, 2.05) is 0 Å². The molecule has 0 aliphatic heterocycles. The van der Waals surface area contributed by atoms with Crippen LogP contribution in [0.2, 0.25) is 0 Å². The molecule has 0 fully saturated rings. The van der Waals surface area contributed by atoms with Gasteiger partial charge in [0.05, 0.1) is 10.5 Å². The van der Waals surface area contributed by atoms with Crippen LogP contribution in [-0.4, -0.2) is 36.4 Å². The summed E-state index contributed by atoms with van der Waals surface area (Å²) in [6, 6.07) is 5.13. The number of aryl methyl sites for hydroxylation is 1. The maximum absolute atomic E-state index is 11.9. The van der Waals surface area contributed by atoms with Gasteiger partial charge in [-0.05, 0) is 39.8 Å². The highest BCUT2D eigenvalue weighted by Gasteiger charge is 2.28. The van der Waals surface area contributed by atoms with Crippen molar-refractivity contribution >= 4 is 15.7 Å². The van der Waals surface area contributed by atoms with Crippen molar-refractivity contribution in [1.82, 2.24) is 10.3 Å². The van der Waals surface area contributed by atoms with Gasteiger partial charge in [-0.15, -0.1) is 0 Å². The molecule has 1 N–H and O–H groups in total. The maximum atomic E-state index is 11.9. The lowest BCUT2D eigenvalue weighted by Crippen LogP contribution is -2.36. The van der Waals surface area contributed by atoms with Crippen LogP contribution in [-0.2, 0) is 9.84 Å². The van der Waals surface area contributed by atoms with Gasteiger partial charge in [0.15, 0.2) is 9.84 Å². The third-order valence-electron chi connectivity index (χ3n) is 2.71. The largest absolute Gasteiger partial charge is 0.350 e. The lowest BCUT2D eigenvalue weighted by Gasteiger charge is -2.19. The van der Waals surface area contributed by atoms with Crippen LogP contribution in [0.25, 0.3) is 0 Å². The number of rotatable bonds is 4. The molecule has 1 rings (SSSR count). The fourth-order valence-electron chi connectivity index (χ4n) is 1.37. The Morgan fingerprint density at radius 1 is 1.32 bits per heavy atom. The van der Waals surface area contributed by atoms with Crippen molar-refractivity contribution in [2.24, 2.45) is 0 Å². The van der Waals surface area contributed by atoms with Crippen molar-refractivity contribution < 1.29 is 13.2 Å². The smallest absolute Gasteiger partial charge is 0.269 e. The summed E-state index contributed by atoms with van der Waals surface area (Å²) in [4.78, 5) is 15.8. The number of sulfone groups is 1. The number of carbonyl (C=O) groups excluding carboxylic acids is 1. The second-order valence-electron chi connectivity index (χ2n) is 5.35. The molecule has 6 heteroatoms. The molecular weight excluding hydrogens is 264 g/mol. The lowest BCUT2D eigenvalue weighted by atomic mass is 10.3. The first-order valence-electron chi connectivity index (χ1n) is 6.08. The minimum atomic E-state index is -3.22. The summed E-state index contributed by atoms with van der Waals surface area (Å²) in [6.07, 6.45) is 0. The predicted molar refractivity (Wildman–Crippen MR) is 74.8 cm³/mol. The molecule has 5 nitrogen and oxygen atoms in total. The van der Waals surface area contributed by atoms with E-state index in [0.29, 0.717) is 5.69 Å². The van der Waals surface area contributed by atoms with E-state index < -0.39 is 14.6 Å². The van der Waals surface area contributed by atoms with Crippen LogP contribution < -0.4 is 5.32 Å². The molecule has 1 heterocycles. The van der Waals surface area contributed by atoms with Gasteiger partial charge in [-0.2, -0.15) is 0 Å². The standard InChI is InChI=1S/C13H20N2O3S/c1-10-6-5-7-11(15-10)12(16)14-8-9-19(17,18)13(2,3)4/h5-7H,8-9H2,1-4H3,(H,14,16). The predicted octanol–water partition coefficient (Wildman–Crippen LogP) is 1.33. The quantitative estimate of drug-likeness (QED) is 0.905. The van der Waals surface area contributed by atoms with E-state index in [2.05, 4.69) is 10.3 Å². The Labute approximate surface area is 114 Å². The molecule has 0 saturated heterocycles. The van der Waals surface area contributed by atoms with Crippen molar-refractivity contribution in [1.29, 1.82) is 0 Å². The monoisotopic (exact) mass is 284 g/mol. The summed E-state index contributed by atoms with van der Waals surface area (Å²) < 4.78 is 22.9. The van der Waals surface area contributed by atoms with Crippen LogP contribution in [0.5, 0.6) is 0 Å². The summed E-state index contributed by atoms with van der Waals surface area (Å²) >= 11 is 0. The molecule has 106 valence electrons. The third-order valence-corrected chi connectivity index (χ3v) is 5.32. The molecule has 19 heavy (non-hydrogen) atoms. The highest BCUT2D eigenvalue weighted by atomic mass is 32.2. The molecule has 0 aromatic carbocycles. The van der Waals surface area contributed by atoms with E-state index in [1.165, 1.54) is 0 Å². The molecule has 0 aliphatic rings. The third kappa shape index (κ3) is 4.31. The summed E-state index contributed by atoms with van der Waals surface area (Å²) in [5, 5.41) is 2.57. The normalized spacial score (nSPS) is 12.2. The molecule has 0 unspecified atom stereocenters. The molecule has 1 amide bonds.